The molecule has 0 aromatic carbocycles. The molecule has 2 rings (SSSR count). The molecule has 0 aromatic rings. The summed E-state index contributed by atoms with van der Waals surface area (Å²) in [6.45, 7) is 3.23. The molecule has 0 radical (unpaired) electrons. The van der Waals surface area contributed by atoms with Gasteiger partial charge in [0, 0.05) is 6.04 Å². The van der Waals surface area contributed by atoms with Crippen LogP contribution in [0.1, 0.15) is 44.9 Å². The molecule has 20 heavy (non-hydrogen) atoms. The smallest absolute Gasteiger partial charge is 0.320 e. The van der Waals surface area contributed by atoms with Crippen molar-refractivity contribution in [3.63, 3.8) is 0 Å². The van der Waals surface area contributed by atoms with E-state index in [2.05, 4.69) is 10.2 Å². The molecule has 5 heteroatoms. The molecule has 0 bridgehead atoms. The van der Waals surface area contributed by atoms with E-state index in [0.717, 1.165) is 38.4 Å². The molecule has 0 amide bonds. The van der Waals surface area contributed by atoms with Crippen LogP contribution in [0.3, 0.4) is 0 Å². The van der Waals surface area contributed by atoms with E-state index in [1.165, 1.54) is 19.3 Å². The molecule has 2 aliphatic rings. The molecule has 1 saturated heterocycles. The van der Waals surface area contributed by atoms with Crippen LogP contribution in [-0.2, 0) is 0 Å². The number of nitrogens with zero attached hydrogens (tertiary/aromatic N) is 1. The van der Waals surface area contributed by atoms with Gasteiger partial charge in [-0.2, -0.15) is 13.2 Å². The van der Waals surface area contributed by atoms with Crippen LogP contribution in [0.15, 0.2) is 0 Å². The molecule has 1 saturated carbocycles. The van der Waals surface area contributed by atoms with Gasteiger partial charge >= 0.3 is 6.18 Å². The largest absolute Gasteiger partial charge is 0.391 e. The van der Waals surface area contributed by atoms with Crippen molar-refractivity contribution in [1.29, 1.82) is 0 Å². The van der Waals surface area contributed by atoms with Crippen LogP contribution >= 0.6 is 0 Å². The molecule has 0 unspecified atom stereocenters. The van der Waals surface area contributed by atoms with Gasteiger partial charge in [-0.15, -0.1) is 0 Å². The molecule has 1 heterocycles. The van der Waals surface area contributed by atoms with Crippen LogP contribution < -0.4 is 5.32 Å². The molecular formula is C15H27F3N2. The Balaban J connectivity index is 1.70. The Morgan fingerprint density at radius 1 is 1.00 bits per heavy atom. The third-order valence-corrected chi connectivity index (χ3v) is 5.13. The van der Waals surface area contributed by atoms with E-state index < -0.39 is 12.1 Å². The first-order valence-electron chi connectivity index (χ1n) is 7.96. The molecule has 2 nitrogen and oxygen atoms in total. The maximum Gasteiger partial charge on any atom is 0.391 e. The first kappa shape index (κ1) is 16.1. The Kier molecular flexibility index (Phi) is 5.73. The summed E-state index contributed by atoms with van der Waals surface area (Å²) in [7, 11) is 1.98. The molecule has 2 fully saturated rings. The summed E-state index contributed by atoms with van der Waals surface area (Å²) in [5, 5.41) is 3.19. The number of hydrogen-bond donors (Lipinski definition) is 1. The topological polar surface area (TPSA) is 15.3 Å². The van der Waals surface area contributed by atoms with Gasteiger partial charge in [0.15, 0.2) is 0 Å². The Morgan fingerprint density at radius 3 is 2.10 bits per heavy atom. The van der Waals surface area contributed by atoms with E-state index in [0.29, 0.717) is 18.9 Å². The molecular weight excluding hydrogens is 265 g/mol. The van der Waals surface area contributed by atoms with Gasteiger partial charge in [0.25, 0.3) is 0 Å². The van der Waals surface area contributed by atoms with Crippen molar-refractivity contribution in [2.45, 2.75) is 57.2 Å². The zero-order valence-corrected chi connectivity index (χ0v) is 12.4. The highest BCUT2D eigenvalue weighted by molar-refractivity contribution is 4.85. The summed E-state index contributed by atoms with van der Waals surface area (Å²) in [6, 6.07) is 0.402. The number of nitrogens with one attached hydrogen (secondary N) is 1. The third kappa shape index (κ3) is 4.35. The fraction of sp³-hybridized carbons (Fsp3) is 1.00. The fourth-order valence-electron chi connectivity index (χ4n) is 3.72. The Labute approximate surface area is 120 Å². The minimum absolute atomic E-state index is 0.327. The Hall–Kier alpha value is -0.290. The Morgan fingerprint density at radius 2 is 1.60 bits per heavy atom. The number of hydrogen-bond acceptors (Lipinski definition) is 2. The highest BCUT2D eigenvalue weighted by Gasteiger charge is 2.42. The van der Waals surface area contributed by atoms with Gasteiger partial charge in [-0.3, -0.25) is 0 Å². The number of rotatable bonds is 4. The van der Waals surface area contributed by atoms with Crippen molar-refractivity contribution in [3.05, 3.63) is 0 Å². The Bertz CT molecular complexity index is 277. The van der Waals surface area contributed by atoms with Gasteiger partial charge < -0.3 is 10.2 Å². The van der Waals surface area contributed by atoms with Gasteiger partial charge in [-0.1, -0.05) is 0 Å². The van der Waals surface area contributed by atoms with Crippen molar-refractivity contribution in [2.75, 3.05) is 26.7 Å². The van der Waals surface area contributed by atoms with Gasteiger partial charge in [-0.25, -0.2) is 0 Å². The van der Waals surface area contributed by atoms with Crippen molar-refractivity contribution < 1.29 is 13.2 Å². The monoisotopic (exact) mass is 292 g/mol. The molecule has 0 atom stereocenters. The molecule has 1 aliphatic heterocycles. The molecule has 0 aromatic heterocycles. The SMILES string of the molecule is CNCCC1CCN(C2CCC(C(F)(F)F)CC2)CC1. The molecule has 1 N–H and O–H groups in total. The second-order valence-electron chi connectivity index (χ2n) is 6.42. The predicted molar refractivity (Wildman–Crippen MR) is 74.6 cm³/mol. The van der Waals surface area contributed by atoms with E-state index >= 15 is 0 Å². The summed E-state index contributed by atoms with van der Waals surface area (Å²) < 4.78 is 38.0. The van der Waals surface area contributed by atoms with Gasteiger partial charge in [0.2, 0.25) is 0 Å². The second kappa shape index (κ2) is 7.12. The lowest BCUT2D eigenvalue weighted by Gasteiger charge is -2.41. The van der Waals surface area contributed by atoms with Crippen LogP contribution in [0.5, 0.6) is 0 Å². The average molecular weight is 292 g/mol. The van der Waals surface area contributed by atoms with E-state index in [1.54, 1.807) is 0 Å². The van der Waals surface area contributed by atoms with Crippen LogP contribution in [0, 0.1) is 11.8 Å². The molecule has 1 aliphatic carbocycles. The summed E-state index contributed by atoms with van der Waals surface area (Å²) in [4.78, 5) is 2.45. The summed E-state index contributed by atoms with van der Waals surface area (Å²) >= 11 is 0. The summed E-state index contributed by atoms with van der Waals surface area (Å²) in [5.74, 6) is -0.253. The fourth-order valence-corrected chi connectivity index (χ4v) is 3.72. The number of alkyl halides is 3. The highest BCUT2D eigenvalue weighted by atomic mass is 19.4. The van der Waals surface area contributed by atoms with E-state index in [9.17, 15) is 13.2 Å². The summed E-state index contributed by atoms with van der Waals surface area (Å²) in [6.07, 6.45) is 1.77. The van der Waals surface area contributed by atoms with Crippen LogP contribution in [0.2, 0.25) is 0 Å². The van der Waals surface area contributed by atoms with E-state index in [-0.39, 0.29) is 0 Å². The quantitative estimate of drug-likeness (QED) is 0.854. The maximum absolute atomic E-state index is 12.7. The van der Waals surface area contributed by atoms with Crippen LogP contribution in [0.25, 0.3) is 0 Å². The first-order valence-corrected chi connectivity index (χ1v) is 7.96. The van der Waals surface area contributed by atoms with E-state index in [4.69, 9.17) is 0 Å². The summed E-state index contributed by atoms with van der Waals surface area (Å²) in [5.41, 5.74) is 0. The third-order valence-electron chi connectivity index (χ3n) is 5.13. The first-order chi connectivity index (χ1) is 9.50. The standard InChI is InChI=1S/C15H27F3N2/c1-19-9-6-12-7-10-20(11-8-12)14-4-2-13(3-5-14)15(16,17)18/h12-14,19H,2-11H2,1H3. The zero-order valence-electron chi connectivity index (χ0n) is 12.4. The minimum atomic E-state index is -3.98. The highest BCUT2D eigenvalue weighted by Crippen LogP contribution is 2.39. The van der Waals surface area contributed by atoms with Crippen LogP contribution in [0.4, 0.5) is 13.2 Å². The van der Waals surface area contributed by atoms with E-state index in [1.807, 2.05) is 7.05 Å². The van der Waals surface area contributed by atoms with Crippen molar-refractivity contribution >= 4 is 0 Å². The van der Waals surface area contributed by atoms with Crippen molar-refractivity contribution in [3.8, 4) is 0 Å². The number of piperidine rings is 1. The second-order valence-corrected chi connectivity index (χ2v) is 6.42. The van der Waals surface area contributed by atoms with Gasteiger partial charge in [-0.05, 0) is 77.5 Å². The lowest BCUT2D eigenvalue weighted by atomic mass is 9.83. The van der Waals surface area contributed by atoms with Crippen molar-refractivity contribution in [1.82, 2.24) is 10.2 Å². The minimum Gasteiger partial charge on any atom is -0.320 e. The predicted octanol–water partition coefficient (Wildman–Crippen LogP) is 3.43. The molecule has 0 spiro atoms. The van der Waals surface area contributed by atoms with Gasteiger partial charge in [0.1, 0.15) is 0 Å². The molecule has 118 valence electrons. The average Bonchev–Trinajstić information content (AvgIpc) is 2.45. The number of likely N-dealkylation sites (tertiary alicyclic amines) is 1. The lowest BCUT2D eigenvalue weighted by molar-refractivity contribution is -0.184. The number of halogens is 3. The van der Waals surface area contributed by atoms with Crippen LogP contribution in [-0.4, -0.2) is 43.8 Å². The zero-order chi connectivity index (χ0) is 14.6. The lowest BCUT2D eigenvalue weighted by Crippen LogP contribution is -2.44. The van der Waals surface area contributed by atoms with Gasteiger partial charge in [0.05, 0.1) is 5.92 Å². The van der Waals surface area contributed by atoms with Crippen molar-refractivity contribution in [2.24, 2.45) is 11.8 Å². The maximum atomic E-state index is 12.7. The normalized spacial score (nSPS) is 30.6.